The molecule has 2 heterocycles. The lowest BCUT2D eigenvalue weighted by Gasteiger charge is -2.33. The Hall–Kier alpha value is -7.67. The molecule has 380 valence electrons. The predicted molar refractivity (Wildman–Crippen MR) is 269 cm³/mol. The second-order valence-electron chi connectivity index (χ2n) is 17.9. The van der Waals surface area contributed by atoms with Crippen molar-refractivity contribution >= 4 is 46.8 Å². The van der Waals surface area contributed by atoms with Gasteiger partial charge in [-0.15, -0.1) is 0 Å². The van der Waals surface area contributed by atoms with Gasteiger partial charge in [-0.25, -0.2) is 14.8 Å². The molecule has 2 aromatic carbocycles. The molecule has 4 bridgehead atoms. The number of carbonyl (C=O) groups is 6. The Labute approximate surface area is 414 Å². The molecule has 0 radical (unpaired) electrons. The molecule has 4 rings (SSSR count). The summed E-state index contributed by atoms with van der Waals surface area (Å²) in [6.07, 6.45) is 5.44. The van der Waals surface area contributed by atoms with E-state index >= 15 is 0 Å². The SMILES string of the molecule is C=C/C(=C\C=C(/C)c1nc(C)c(C(=O)N[C@@H](CCN)C(=O)N(C)[C@@H]2C(=O)N[C@@H](C)C(=O)N[C@H](C(=O)NCC#N)Cc3ccc(OCCN)c(c3)-c3cc2cc(NC(N)=O)c3OCCN)c(C)n1)C(C)(C)C. The van der Waals surface area contributed by atoms with Gasteiger partial charge in [0.2, 0.25) is 23.6 Å². The van der Waals surface area contributed by atoms with Crippen LogP contribution in [0.2, 0.25) is 0 Å². The number of hydrogen-bond donors (Lipinski definition) is 9. The number of aryl methyl sites for hydroxylation is 2. The number of rotatable bonds is 18. The zero-order valence-electron chi connectivity index (χ0n) is 41.7. The number of ether oxygens (including phenoxy) is 2. The molecule has 3 aromatic rings. The zero-order valence-corrected chi connectivity index (χ0v) is 41.7. The maximum atomic E-state index is 14.9. The van der Waals surface area contributed by atoms with Crippen LogP contribution in [0.4, 0.5) is 10.5 Å². The van der Waals surface area contributed by atoms with E-state index in [1.54, 1.807) is 44.2 Å². The van der Waals surface area contributed by atoms with Crippen molar-refractivity contribution in [1.82, 2.24) is 36.1 Å². The number of amides is 7. The molecule has 7 amide bonds. The molecule has 4 atom stereocenters. The number of fused-ring (bicyclic) bond motifs is 5. The van der Waals surface area contributed by atoms with Crippen LogP contribution in [0, 0.1) is 30.6 Å². The lowest BCUT2D eigenvalue weighted by atomic mass is 9.86. The number of hydrogen-bond acceptors (Lipinski definition) is 14. The van der Waals surface area contributed by atoms with Gasteiger partial charge in [0.05, 0.1) is 28.7 Å². The summed E-state index contributed by atoms with van der Waals surface area (Å²) >= 11 is 0. The minimum absolute atomic E-state index is 0.0309. The topological polar surface area (TPSA) is 338 Å². The van der Waals surface area contributed by atoms with Crippen molar-refractivity contribution in [2.45, 2.75) is 85.5 Å². The standard InChI is InChI=1S/C50H67N13O8/c1-10-33(50(6,7)8)13-11-27(2)43-57-28(3)40(29(4)58-43)46(66)60-36(15-16-51)48(68)63(9)41-32-25-35(42(71-22-19-54)37(26-32)62-49(55)69)34-23-31(12-14-39(34)70-21-18-53)24-38(45(65)56-20-17-52)61-44(64)30(5)59-47(41)67/h10-14,23,25-26,30,36,38,41H,1,15-16,18-22,24,51,53-54H2,2-9H3,(H,56,65)(H,59,67)(H,60,66)(H,61,64)(H3,55,62,69)/b27-11+,33-13+/t30-,36-,38-,41-/m0/s1. The lowest BCUT2D eigenvalue weighted by molar-refractivity contribution is -0.141. The van der Waals surface area contributed by atoms with Crippen molar-refractivity contribution < 1.29 is 38.2 Å². The molecule has 1 aromatic heterocycles. The molecule has 71 heavy (non-hydrogen) atoms. The Kier molecular flexibility index (Phi) is 19.9. The molecular formula is C50H67N13O8. The molecule has 21 heteroatoms. The Bertz CT molecular complexity index is 2590. The number of carbonyl (C=O) groups excluding carboxylic acids is 6. The lowest BCUT2D eigenvalue weighted by Crippen LogP contribution is -2.56. The highest BCUT2D eigenvalue weighted by Gasteiger charge is 2.37. The molecular weight excluding hydrogens is 911 g/mol. The molecule has 0 aliphatic carbocycles. The number of nitriles is 1. The van der Waals surface area contributed by atoms with Gasteiger partial charge in [0.25, 0.3) is 5.91 Å². The highest BCUT2D eigenvalue weighted by atomic mass is 16.5. The summed E-state index contributed by atoms with van der Waals surface area (Å²) in [5, 5.41) is 22.4. The monoisotopic (exact) mass is 978 g/mol. The first-order chi connectivity index (χ1) is 33.6. The van der Waals surface area contributed by atoms with E-state index in [1.165, 1.54) is 20.0 Å². The van der Waals surface area contributed by atoms with Crippen LogP contribution in [-0.4, -0.2) is 115 Å². The van der Waals surface area contributed by atoms with Crippen molar-refractivity contribution in [2.75, 3.05) is 51.8 Å². The van der Waals surface area contributed by atoms with E-state index in [0.29, 0.717) is 28.3 Å². The molecule has 0 saturated heterocycles. The minimum atomic E-state index is -1.62. The van der Waals surface area contributed by atoms with Crippen LogP contribution in [0.3, 0.4) is 0 Å². The quantitative estimate of drug-likeness (QED) is 0.0653. The van der Waals surface area contributed by atoms with Crippen molar-refractivity contribution in [3.63, 3.8) is 0 Å². The maximum Gasteiger partial charge on any atom is 0.316 e. The van der Waals surface area contributed by atoms with Gasteiger partial charge < -0.3 is 63.9 Å². The van der Waals surface area contributed by atoms with Crippen LogP contribution in [0.15, 0.2) is 60.7 Å². The smallest absolute Gasteiger partial charge is 0.316 e. The molecule has 13 N–H and O–H groups in total. The molecule has 0 spiro atoms. The van der Waals surface area contributed by atoms with E-state index in [-0.39, 0.29) is 91.5 Å². The summed E-state index contributed by atoms with van der Waals surface area (Å²) < 4.78 is 12.3. The molecule has 1 aliphatic rings. The van der Waals surface area contributed by atoms with E-state index in [9.17, 15) is 34.0 Å². The number of benzene rings is 2. The number of urea groups is 1. The number of nitrogens with two attached hydrogens (primary N) is 4. The predicted octanol–water partition coefficient (Wildman–Crippen LogP) is 2.32. The fourth-order valence-corrected chi connectivity index (χ4v) is 7.82. The number of anilines is 1. The average Bonchev–Trinajstić information content (AvgIpc) is 3.30. The number of nitrogens with zero attached hydrogens (tertiary/aromatic N) is 4. The Morgan fingerprint density at radius 2 is 1.63 bits per heavy atom. The minimum Gasteiger partial charge on any atom is -0.492 e. The molecule has 1 aliphatic heterocycles. The fourth-order valence-electron chi connectivity index (χ4n) is 7.82. The Morgan fingerprint density at radius 3 is 2.23 bits per heavy atom. The largest absolute Gasteiger partial charge is 0.492 e. The van der Waals surface area contributed by atoms with Gasteiger partial charge in [0.15, 0.2) is 11.6 Å². The summed E-state index contributed by atoms with van der Waals surface area (Å²) in [6.45, 7) is 16.4. The first-order valence-electron chi connectivity index (χ1n) is 23.0. The maximum absolute atomic E-state index is 14.9. The van der Waals surface area contributed by atoms with Crippen LogP contribution in [0.1, 0.15) is 85.8 Å². The number of likely N-dealkylation sites (N-methyl/N-ethyl adjacent to an activating group) is 1. The normalized spacial score (nSPS) is 16.7. The number of aromatic nitrogens is 2. The van der Waals surface area contributed by atoms with Crippen LogP contribution in [-0.2, 0) is 25.6 Å². The van der Waals surface area contributed by atoms with E-state index in [1.807, 2.05) is 25.1 Å². The fraction of sp³-hybridized carbons (Fsp3) is 0.420. The van der Waals surface area contributed by atoms with Gasteiger partial charge in [-0.1, -0.05) is 51.6 Å². The third kappa shape index (κ3) is 14.4. The zero-order chi connectivity index (χ0) is 52.7. The van der Waals surface area contributed by atoms with Gasteiger partial charge in [-0.2, -0.15) is 5.26 Å². The third-order valence-electron chi connectivity index (χ3n) is 11.4. The van der Waals surface area contributed by atoms with Gasteiger partial charge in [0.1, 0.15) is 49.7 Å². The average molecular weight is 978 g/mol. The van der Waals surface area contributed by atoms with Crippen molar-refractivity contribution in [3.8, 4) is 28.7 Å². The molecule has 0 saturated carbocycles. The first kappa shape index (κ1) is 55.9. The van der Waals surface area contributed by atoms with E-state index < -0.39 is 59.7 Å². The first-order valence-corrected chi connectivity index (χ1v) is 23.0. The highest BCUT2D eigenvalue weighted by molar-refractivity contribution is 6.01. The summed E-state index contributed by atoms with van der Waals surface area (Å²) in [7, 11) is 1.33. The van der Waals surface area contributed by atoms with Gasteiger partial charge >= 0.3 is 6.03 Å². The van der Waals surface area contributed by atoms with Crippen LogP contribution in [0.5, 0.6) is 11.5 Å². The Balaban J connectivity index is 1.93. The highest BCUT2D eigenvalue weighted by Crippen LogP contribution is 2.44. The van der Waals surface area contributed by atoms with Gasteiger partial charge in [0, 0.05) is 37.7 Å². The number of primary amides is 1. The van der Waals surface area contributed by atoms with Gasteiger partial charge in [-0.05, 0) is 92.6 Å². The second kappa shape index (κ2) is 25.3. The van der Waals surface area contributed by atoms with Crippen molar-refractivity contribution in [3.05, 3.63) is 94.6 Å². The Morgan fingerprint density at radius 1 is 0.972 bits per heavy atom. The third-order valence-corrected chi connectivity index (χ3v) is 11.4. The van der Waals surface area contributed by atoms with Crippen LogP contribution in [0.25, 0.3) is 16.7 Å². The van der Waals surface area contributed by atoms with Crippen LogP contribution < -0.4 is 59.0 Å². The van der Waals surface area contributed by atoms with E-state index in [0.717, 1.165) is 16.0 Å². The van der Waals surface area contributed by atoms with Crippen molar-refractivity contribution in [2.24, 2.45) is 28.3 Å². The van der Waals surface area contributed by atoms with Crippen LogP contribution >= 0.6 is 0 Å². The van der Waals surface area contributed by atoms with E-state index in [4.69, 9.17) is 32.4 Å². The van der Waals surface area contributed by atoms with E-state index in [2.05, 4.69) is 63.9 Å². The summed E-state index contributed by atoms with van der Waals surface area (Å²) in [6, 6.07) is 3.22. The summed E-state index contributed by atoms with van der Waals surface area (Å²) in [4.78, 5) is 94.3. The second-order valence-corrected chi connectivity index (χ2v) is 17.9. The summed E-state index contributed by atoms with van der Waals surface area (Å²) in [5.74, 6) is -3.07. The molecule has 0 fully saturated rings. The van der Waals surface area contributed by atoms with Gasteiger partial charge in [-0.3, -0.25) is 24.0 Å². The molecule has 0 unspecified atom stereocenters. The van der Waals surface area contributed by atoms with Crippen molar-refractivity contribution in [1.29, 1.82) is 5.26 Å². The number of allylic oxidation sites excluding steroid dienone is 5. The molecule has 21 nitrogen and oxygen atoms in total. The number of nitrogens with one attached hydrogen (secondary N) is 5. The summed E-state index contributed by atoms with van der Waals surface area (Å²) in [5.41, 5.74) is 27.0.